The highest BCUT2D eigenvalue weighted by atomic mass is 32.2. The Morgan fingerprint density at radius 2 is 1.33 bits per heavy atom. The van der Waals surface area contributed by atoms with Gasteiger partial charge in [0.2, 0.25) is 29.5 Å². The maximum atomic E-state index is 13.7. The van der Waals surface area contributed by atoms with E-state index in [0.717, 1.165) is 10.9 Å². The summed E-state index contributed by atoms with van der Waals surface area (Å²) in [4.78, 5) is 82.1. The predicted octanol–water partition coefficient (Wildman–Crippen LogP) is -0.787. The first-order valence-corrected chi connectivity index (χ1v) is 16.3. The van der Waals surface area contributed by atoms with Crippen LogP contribution in [0, 0.1) is 11.8 Å². The second kappa shape index (κ2) is 15.2. The van der Waals surface area contributed by atoms with Crippen LogP contribution in [0.1, 0.15) is 46.1 Å². The summed E-state index contributed by atoms with van der Waals surface area (Å²) in [7, 11) is -4.89. The maximum absolute atomic E-state index is 13.7. The molecule has 0 saturated carbocycles. The van der Waals surface area contributed by atoms with Crippen molar-refractivity contribution in [1.82, 2.24) is 31.6 Å². The summed E-state index contributed by atoms with van der Waals surface area (Å²) in [5.74, 6) is -8.48. The van der Waals surface area contributed by atoms with Crippen LogP contribution in [0.3, 0.4) is 0 Å². The number of nitrogens with one attached hydrogen (secondary N) is 6. The van der Waals surface area contributed by atoms with Gasteiger partial charge in [-0.3, -0.25) is 33.3 Å². The van der Waals surface area contributed by atoms with E-state index >= 15 is 0 Å². The van der Waals surface area contributed by atoms with Gasteiger partial charge in [-0.05, 0) is 29.9 Å². The molecule has 252 valence electrons. The van der Waals surface area contributed by atoms with Crippen molar-refractivity contribution in [1.29, 1.82) is 0 Å². The highest BCUT2D eigenvalue weighted by Crippen LogP contribution is 2.20. The van der Waals surface area contributed by atoms with Gasteiger partial charge >= 0.3 is 5.97 Å². The highest BCUT2D eigenvalue weighted by Gasteiger charge is 2.37. The quantitative estimate of drug-likeness (QED) is 0.155. The van der Waals surface area contributed by atoms with E-state index in [1.165, 1.54) is 0 Å². The van der Waals surface area contributed by atoms with Gasteiger partial charge in [0.15, 0.2) is 0 Å². The second-order valence-electron chi connectivity index (χ2n) is 12.0. The topological polar surface area (TPSA) is 253 Å². The molecule has 16 nitrogen and oxygen atoms in total. The first kappa shape index (κ1) is 36.0. The largest absolute Gasteiger partial charge is 0.481 e. The van der Waals surface area contributed by atoms with Crippen LogP contribution in [0.2, 0.25) is 0 Å². The van der Waals surface area contributed by atoms with Gasteiger partial charge in [-0.25, -0.2) is 0 Å². The molecule has 1 fully saturated rings. The molecule has 0 spiro atoms. The van der Waals surface area contributed by atoms with E-state index in [2.05, 4.69) is 31.6 Å². The number of aromatic nitrogens is 1. The molecule has 5 atom stereocenters. The van der Waals surface area contributed by atoms with E-state index in [9.17, 15) is 46.8 Å². The number of H-pyrrole nitrogens is 1. The Bertz CT molecular complexity index is 1590. The number of para-hydroxylation sites is 1. The van der Waals surface area contributed by atoms with Crippen LogP contribution in [0.25, 0.3) is 10.9 Å². The molecular weight excluding hydrogens is 624 g/mol. The molecule has 0 unspecified atom stereocenters. The minimum atomic E-state index is -4.89. The molecule has 0 aliphatic carbocycles. The molecule has 8 N–H and O–H groups in total. The fourth-order valence-corrected chi connectivity index (χ4v) is 5.73. The molecule has 0 bridgehead atoms. The fraction of sp³-hybridized carbons (Fsp3) is 0.517. The number of carbonyl (C=O) groups is 6. The Hall–Kier alpha value is -4.51. The number of carbonyl (C=O) groups excluding carboxylic acids is 5. The number of hydrogen-bond acceptors (Lipinski definition) is 8. The molecule has 1 saturated heterocycles. The molecule has 1 aliphatic rings. The Morgan fingerprint density at radius 1 is 0.783 bits per heavy atom. The van der Waals surface area contributed by atoms with E-state index in [4.69, 9.17) is 0 Å². The number of hydrogen-bond donors (Lipinski definition) is 8. The summed E-state index contributed by atoms with van der Waals surface area (Å²) in [6.07, 6.45) is 0.686. The van der Waals surface area contributed by atoms with Gasteiger partial charge in [0.1, 0.15) is 36.0 Å². The fourth-order valence-electron chi connectivity index (χ4n) is 5.08. The molecule has 1 aromatic carbocycles. The molecule has 0 radical (unpaired) electrons. The minimum absolute atomic E-state index is 0.106. The van der Waals surface area contributed by atoms with Crippen molar-refractivity contribution in [3.05, 3.63) is 36.0 Å². The molecule has 17 heteroatoms. The van der Waals surface area contributed by atoms with Crippen LogP contribution in [0.15, 0.2) is 30.5 Å². The van der Waals surface area contributed by atoms with Crippen molar-refractivity contribution in [2.24, 2.45) is 11.8 Å². The zero-order chi connectivity index (χ0) is 34.3. The van der Waals surface area contributed by atoms with E-state index in [-0.39, 0.29) is 18.8 Å². The zero-order valence-corrected chi connectivity index (χ0v) is 26.6. The van der Waals surface area contributed by atoms with E-state index in [1.807, 2.05) is 0 Å². The Labute approximate surface area is 265 Å². The third-order valence-corrected chi connectivity index (χ3v) is 8.10. The average Bonchev–Trinajstić information content (AvgIpc) is 3.35. The number of fused-ring (bicyclic) bond motifs is 1. The summed E-state index contributed by atoms with van der Waals surface area (Å²) < 4.78 is 33.0. The lowest BCUT2D eigenvalue weighted by molar-refractivity contribution is -0.141. The number of rotatable bonds is 9. The van der Waals surface area contributed by atoms with Crippen LogP contribution in [0.4, 0.5) is 0 Å². The number of amides is 5. The van der Waals surface area contributed by atoms with Crippen molar-refractivity contribution < 1.29 is 46.8 Å². The van der Waals surface area contributed by atoms with E-state index in [0.29, 0.717) is 5.56 Å². The van der Waals surface area contributed by atoms with Gasteiger partial charge < -0.3 is 36.7 Å². The lowest BCUT2D eigenvalue weighted by Gasteiger charge is -2.28. The monoisotopic (exact) mass is 664 g/mol. The van der Waals surface area contributed by atoms with Crippen LogP contribution >= 0.6 is 0 Å². The summed E-state index contributed by atoms with van der Waals surface area (Å²) in [5.41, 5.74) is 1.36. The van der Waals surface area contributed by atoms with Crippen molar-refractivity contribution in [2.75, 3.05) is 5.75 Å². The van der Waals surface area contributed by atoms with Crippen molar-refractivity contribution in [3.8, 4) is 0 Å². The van der Waals surface area contributed by atoms with E-state index < -0.39 is 93.9 Å². The normalized spacial score (nSPS) is 24.0. The van der Waals surface area contributed by atoms with Gasteiger partial charge in [-0.15, -0.1) is 0 Å². The number of carboxylic acid groups (broad SMARTS) is 1. The Morgan fingerprint density at radius 3 is 1.93 bits per heavy atom. The van der Waals surface area contributed by atoms with Crippen LogP contribution in [-0.4, -0.2) is 94.5 Å². The Kier molecular flexibility index (Phi) is 11.9. The van der Waals surface area contributed by atoms with Crippen LogP contribution in [0.5, 0.6) is 0 Å². The molecule has 2 aromatic rings. The molecule has 46 heavy (non-hydrogen) atoms. The van der Waals surface area contributed by atoms with Gasteiger partial charge in [0.25, 0.3) is 10.1 Å². The van der Waals surface area contributed by atoms with Gasteiger partial charge in [-0.2, -0.15) is 8.42 Å². The summed E-state index contributed by atoms with van der Waals surface area (Å²) >= 11 is 0. The van der Waals surface area contributed by atoms with Crippen molar-refractivity contribution in [2.45, 2.75) is 77.2 Å². The Balaban J connectivity index is 2.12. The smallest absolute Gasteiger partial charge is 0.305 e. The summed E-state index contributed by atoms with van der Waals surface area (Å²) in [6, 6.07) is -0.518. The second-order valence-corrected chi connectivity index (χ2v) is 13.5. The summed E-state index contributed by atoms with van der Waals surface area (Å²) in [5, 5.41) is 22.2. The molecule has 1 aliphatic heterocycles. The molecule has 3 rings (SSSR count). The predicted molar refractivity (Wildman–Crippen MR) is 165 cm³/mol. The van der Waals surface area contributed by atoms with Crippen LogP contribution < -0.4 is 26.6 Å². The lowest BCUT2D eigenvalue weighted by Crippen LogP contribution is -2.60. The maximum Gasteiger partial charge on any atom is 0.305 e. The molecule has 1 aromatic heterocycles. The highest BCUT2D eigenvalue weighted by molar-refractivity contribution is 7.85. The molecule has 5 amide bonds. The third kappa shape index (κ3) is 10.00. The third-order valence-electron chi connectivity index (χ3n) is 7.34. The first-order chi connectivity index (χ1) is 21.4. The standard InChI is InChI=1S/C29H40N6O10S/c1-14(2)9-19-25(38)31-20(10-16-12-30-18-8-6-5-7-17(16)18)26(39)32-21(11-23(36)37)27(40)34-22(13-46(43,44)45)28(41)35-24(15(3)4)29(42)33-19/h5-8,12,14-15,19-22,24,30H,9-11,13H2,1-4H3,(H,31,38)(H,32,39)(H,33,42)(H,34,40)(H,35,41)(H,36,37)(H,43,44,45)/t19-,20+,21+,22-,24+/m0/s1. The van der Waals surface area contributed by atoms with Gasteiger partial charge in [0, 0.05) is 23.5 Å². The number of carboxylic acids is 1. The SMILES string of the molecule is CC(C)C[C@@H]1NC(=O)[C@@H](C(C)C)NC(=O)[C@H](CS(=O)(=O)O)NC(=O)[C@@H](CC(=O)O)NC(=O)[C@@H](Cc2c[nH]c3ccccc23)NC1=O. The zero-order valence-electron chi connectivity index (χ0n) is 25.8. The van der Waals surface area contributed by atoms with E-state index in [1.54, 1.807) is 58.2 Å². The van der Waals surface area contributed by atoms with Crippen LogP contribution in [-0.2, 0) is 45.3 Å². The number of aliphatic carboxylic acids is 1. The van der Waals surface area contributed by atoms with Gasteiger partial charge in [0.05, 0.1) is 6.42 Å². The number of aromatic amines is 1. The first-order valence-electron chi connectivity index (χ1n) is 14.7. The lowest BCUT2D eigenvalue weighted by atomic mass is 9.98. The molecule has 2 heterocycles. The van der Waals surface area contributed by atoms with Crippen molar-refractivity contribution in [3.63, 3.8) is 0 Å². The minimum Gasteiger partial charge on any atom is -0.481 e. The van der Waals surface area contributed by atoms with Crippen molar-refractivity contribution >= 4 is 56.5 Å². The summed E-state index contributed by atoms with van der Waals surface area (Å²) in [6.45, 7) is 6.77. The molecular formula is C29H40N6O10S. The average molecular weight is 665 g/mol. The number of benzene rings is 1. The van der Waals surface area contributed by atoms with Gasteiger partial charge in [-0.1, -0.05) is 45.9 Å².